The molecule has 0 bridgehead atoms. The second-order valence-corrected chi connectivity index (χ2v) is 5.90. The Morgan fingerprint density at radius 2 is 1.18 bits per heavy atom. The third-order valence-corrected chi connectivity index (χ3v) is 4.93. The van der Waals surface area contributed by atoms with E-state index in [1.165, 1.54) is 0 Å². The van der Waals surface area contributed by atoms with E-state index in [2.05, 4.69) is 34.6 Å². The molecule has 0 atom stereocenters. The topological polar surface area (TPSA) is 47.9 Å². The highest BCUT2D eigenvalue weighted by Crippen LogP contribution is 2.29. The van der Waals surface area contributed by atoms with Gasteiger partial charge in [0.25, 0.3) is 0 Å². The molecule has 134 valence electrons. The van der Waals surface area contributed by atoms with Crippen LogP contribution in [0.25, 0.3) is 0 Å². The molecular weight excluding hydrogens is 280 g/mol. The molecule has 4 heteroatoms. The van der Waals surface area contributed by atoms with Crippen LogP contribution in [0.5, 0.6) is 0 Å². The van der Waals surface area contributed by atoms with Crippen molar-refractivity contribution >= 4 is 0 Å². The second kappa shape index (κ2) is 12.3. The lowest BCUT2D eigenvalue weighted by atomic mass is 9.91. The monoisotopic (exact) mass is 318 g/mol. The molecule has 0 radical (unpaired) electrons. The first-order valence-corrected chi connectivity index (χ1v) is 9.04. The van der Waals surface area contributed by atoms with Gasteiger partial charge in [-0.25, -0.2) is 0 Å². The van der Waals surface area contributed by atoms with Gasteiger partial charge in [-0.15, -0.1) is 0 Å². The molecule has 0 rings (SSSR count). The molecule has 0 aromatic rings. The van der Waals surface area contributed by atoms with Gasteiger partial charge < -0.3 is 19.3 Å². The molecule has 1 N–H and O–H groups in total. The van der Waals surface area contributed by atoms with Crippen molar-refractivity contribution in [2.45, 2.75) is 84.3 Å². The maximum absolute atomic E-state index is 8.78. The summed E-state index contributed by atoms with van der Waals surface area (Å²) in [5.74, 6) is 0. The predicted molar refractivity (Wildman–Crippen MR) is 91.3 cm³/mol. The van der Waals surface area contributed by atoms with E-state index in [1.807, 2.05) is 0 Å². The fraction of sp³-hybridized carbons (Fsp3) is 1.00. The number of ether oxygens (including phenoxy) is 3. The highest BCUT2D eigenvalue weighted by molar-refractivity contribution is 4.81. The molecule has 0 heterocycles. The van der Waals surface area contributed by atoms with Crippen LogP contribution in [-0.4, -0.2) is 49.3 Å². The first-order valence-electron chi connectivity index (χ1n) is 9.04. The molecule has 0 saturated carbocycles. The van der Waals surface area contributed by atoms with Crippen LogP contribution in [0.4, 0.5) is 0 Å². The van der Waals surface area contributed by atoms with Crippen LogP contribution in [0.2, 0.25) is 0 Å². The summed E-state index contributed by atoms with van der Waals surface area (Å²) in [6, 6.07) is 0. The normalized spacial score (nSPS) is 12.8. The Morgan fingerprint density at radius 3 is 1.64 bits per heavy atom. The summed E-state index contributed by atoms with van der Waals surface area (Å²) in [7, 11) is 0. The molecule has 0 amide bonds. The Morgan fingerprint density at radius 1 is 0.682 bits per heavy atom. The zero-order valence-corrected chi connectivity index (χ0v) is 15.5. The van der Waals surface area contributed by atoms with Gasteiger partial charge in [-0.2, -0.15) is 0 Å². The number of hydrogen-bond donors (Lipinski definition) is 1. The van der Waals surface area contributed by atoms with E-state index in [4.69, 9.17) is 19.3 Å². The quantitative estimate of drug-likeness (QED) is 0.465. The highest BCUT2D eigenvalue weighted by atomic mass is 16.5. The smallest absolute Gasteiger partial charge is 0.0699 e. The lowest BCUT2D eigenvalue weighted by molar-refractivity contribution is -0.110. The summed E-state index contributed by atoms with van der Waals surface area (Å²) < 4.78 is 17.7. The maximum Gasteiger partial charge on any atom is 0.0699 e. The molecule has 0 aliphatic carbocycles. The second-order valence-electron chi connectivity index (χ2n) is 5.90. The van der Waals surface area contributed by atoms with Gasteiger partial charge in [0.15, 0.2) is 0 Å². The predicted octanol–water partition coefficient (Wildman–Crippen LogP) is 3.95. The minimum Gasteiger partial charge on any atom is -0.394 e. The largest absolute Gasteiger partial charge is 0.394 e. The van der Waals surface area contributed by atoms with Gasteiger partial charge in [-0.05, 0) is 45.4 Å². The zero-order valence-electron chi connectivity index (χ0n) is 15.5. The fourth-order valence-electron chi connectivity index (χ4n) is 2.94. The molecule has 22 heavy (non-hydrogen) atoms. The van der Waals surface area contributed by atoms with Crippen LogP contribution in [0.15, 0.2) is 0 Å². The van der Waals surface area contributed by atoms with E-state index in [-0.39, 0.29) is 17.8 Å². The van der Waals surface area contributed by atoms with Crippen molar-refractivity contribution in [3.8, 4) is 0 Å². The third kappa shape index (κ3) is 7.40. The van der Waals surface area contributed by atoms with Crippen molar-refractivity contribution in [3.05, 3.63) is 0 Å². The average Bonchev–Trinajstić information content (AvgIpc) is 2.56. The van der Waals surface area contributed by atoms with Gasteiger partial charge in [0, 0.05) is 13.2 Å². The summed E-state index contributed by atoms with van der Waals surface area (Å²) in [6.07, 6.45) is 5.81. The van der Waals surface area contributed by atoms with E-state index < -0.39 is 0 Å². The lowest BCUT2D eigenvalue weighted by Crippen LogP contribution is -2.37. The summed E-state index contributed by atoms with van der Waals surface area (Å²) >= 11 is 0. The van der Waals surface area contributed by atoms with Crippen molar-refractivity contribution in [1.29, 1.82) is 0 Å². The van der Waals surface area contributed by atoms with E-state index in [1.54, 1.807) is 0 Å². The van der Waals surface area contributed by atoms with Gasteiger partial charge in [-0.1, -0.05) is 27.7 Å². The van der Waals surface area contributed by atoms with Crippen molar-refractivity contribution in [3.63, 3.8) is 0 Å². The molecule has 0 spiro atoms. The van der Waals surface area contributed by atoms with E-state index in [9.17, 15) is 0 Å². The van der Waals surface area contributed by atoms with Crippen molar-refractivity contribution in [1.82, 2.24) is 0 Å². The number of hydrogen-bond acceptors (Lipinski definition) is 4. The molecule has 0 saturated heterocycles. The van der Waals surface area contributed by atoms with Crippen LogP contribution < -0.4 is 0 Å². The van der Waals surface area contributed by atoms with E-state index in [0.29, 0.717) is 13.2 Å². The van der Waals surface area contributed by atoms with Crippen LogP contribution in [0.3, 0.4) is 0 Å². The number of aliphatic hydroxyl groups is 1. The fourth-order valence-corrected chi connectivity index (χ4v) is 2.94. The Hall–Kier alpha value is -0.160. The molecule has 0 aliphatic heterocycles. The lowest BCUT2D eigenvalue weighted by Gasteiger charge is -2.36. The van der Waals surface area contributed by atoms with Gasteiger partial charge in [-0.3, -0.25) is 0 Å². The Bertz CT molecular complexity index is 247. The summed E-state index contributed by atoms with van der Waals surface area (Å²) in [5, 5.41) is 8.78. The Kier molecular flexibility index (Phi) is 12.2. The molecule has 0 aromatic heterocycles. The SMILES string of the molecule is CCOC(CC)(CC)CCOC(CC)(CC)CCOCCO. The van der Waals surface area contributed by atoms with Crippen molar-refractivity contribution in [2.75, 3.05) is 33.0 Å². The van der Waals surface area contributed by atoms with Crippen LogP contribution in [0, 0.1) is 0 Å². The molecule has 0 unspecified atom stereocenters. The number of rotatable bonds is 15. The van der Waals surface area contributed by atoms with Crippen molar-refractivity contribution in [2.24, 2.45) is 0 Å². The minimum atomic E-state index is -0.116. The van der Waals surface area contributed by atoms with E-state index in [0.717, 1.165) is 51.7 Å². The van der Waals surface area contributed by atoms with Crippen molar-refractivity contribution < 1.29 is 19.3 Å². The summed E-state index contributed by atoms with van der Waals surface area (Å²) in [5.41, 5.74) is -0.162. The highest BCUT2D eigenvalue weighted by Gasteiger charge is 2.30. The van der Waals surface area contributed by atoms with Gasteiger partial charge in [0.2, 0.25) is 0 Å². The third-order valence-electron chi connectivity index (χ3n) is 4.93. The van der Waals surface area contributed by atoms with Gasteiger partial charge >= 0.3 is 0 Å². The first-order chi connectivity index (χ1) is 10.6. The molecular formula is C18H38O4. The Labute approximate surface area is 137 Å². The van der Waals surface area contributed by atoms with Gasteiger partial charge in [0.1, 0.15) is 0 Å². The first kappa shape index (κ1) is 21.8. The summed E-state index contributed by atoms with van der Waals surface area (Å²) in [4.78, 5) is 0. The molecule has 0 aliphatic rings. The maximum atomic E-state index is 8.78. The standard InChI is InChI=1S/C18H38O4/c1-6-17(7-2,21-10-5)12-15-22-18(8-3,9-4)11-14-20-16-13-19/h19H,6-16H2,1-5H3. The van der Waals surface area contributed by atoms with Crippen LogP contribution >= 0.6 is 0 Å². The summed E-state index contributed by atoms with van der Waals surface area (Å²) in [6.45, 7) is 13.4. The molecule has 4 nitrogen and oxygen atoms in total. The number of aliphatic hydroxyl groups excluding tert-OH is 1. The average molecular weight is 318 g/mol. The molecule has 0 aromatic carbocycles. The van der Waals surface area contributed by atoms with Gasteiger partial charge in [0.05, 0.1) is 31.0 Å². The minimum absolute atomic E-state index is 0.0463. The zero-order chi connectivity index (χ0) is 16.9. The Balaban J connectivity index is 4.43. The van der Waals surface area contributed by atoms with Crippen LogP contribution in [0.1, 0.15) is 73.1 Å². The molecule has 0 fully saturated rings. The van der Waals surface area contributed by atoms with Crippen LogP contribution in [-0.2, 0) is 14.2 Å². The van der Waals surface area contributed by atoms with E-state index >= 15 is 0 Å².